The van der Waals surface area contributed by atoms with Crippen LogP contribution in [0.1, 0.15) is 35.6 Å². The van der Waals surface area contributed by atoms with Crippen LogP contribution in [0, 0.1) is 13.8 Å². The van der Waals surface area contributed by atoms with E-state index in [-0.39, 0.29) is 12.5 Å². The number of aliphatic carboxylic acids is 1. The number of ether oxygens (including phenoxy) is 1. The van der Waals surface area contributed by atoms with Crippen LogP contribution in [0.4, 0.5) is 0 Å². The predicted molar refractivity (Wildman–Crippen MR) is 74.0 cm³/mol. The smallest absolute Gasteiger partial charge is 0.303 e. The van der Waals surface area contributed by atoms with Crippen molar-refractivity contribution < 1.29 is 14.6 Å². The molecule has 5 heteroatoms. The van der Waals surface area contributed by atoms with Crippen LogP contribution in [0.2, 0.25) is 0 Å². The van der Waals surface area contributed by atoms with Crippen molar-refractivity contribution in [1.82, 2.24) is 0 Å². The number of halogens is 1. The minimum absolute atomic E-state index is 0.0508. The molecule has 1 rings (SSSR count). The van der Waals surface area contributed by atoms with Gasteiger partial charge in [-0.25, -0.2) is 0 Å². The molecule has 0 spiro atoms. The lowest BCUT2D eigenvalue weighted by molar-refractivity contribution is -0.137. The maximum absolute atomic E-state index is 10.6. The van der Waals surface area contributed by atoms with Crippen molar-refractivity contribution in [1.29, 1.82) is 0 Å². The number of nitrogens with two attached hydrogens (primary N) is 1. The van der Waals surface area contributed by atoms with Gasteiger partial charge in [0.2, 0.25) is 0 Å². The molecule has 18 heavy (non-hydrogen) atoms. The summed E-state index contributed by atoms with van der Waals surface area (Å²) in [7, 11) is 1.59. The number of carboxylic acids is 1. The molecule has 0 saturated carbocycles. The molecule has 0 fully saturated rings. The molecule has 1 unspecified atom stereocenters. The van der Waals surface area contributed by atoms with E-state index in [4.69, 9.17) is 15.6 Å². The van der Waals surface area contributed by atoms with E-state index in [2.05, 4.69) is 15.9 Å². The fraction of sp³-hybridized carbons (Fsp3) is 0.462. The van der Waals surface area contributed by atoms with E-state index in [1.165, 1.54) is 0 Å². The van der Waals surface area contributed by atoms with Crippen LogP contribution in [0.5, 0.6) is 5.75 Å². The van der Waals surface area contributed by atoms with Crippen molar-refractivity contribution in [2.24, 2.45) is 5.73 Å². The number of methoxy groups -OCH3 is 1. The van der Waals surface area contributed by atoms with Crippen LogP contribution >= 0.6 is 15.9 Å². The van der Waals surface area contributed by atoms with Crippen molar-refractivity contribution in [2.75, 3.05) is 7.11 Å². The van der Waals surface area contributed by atoms with Crippen molar-refractivity contribution in [3.05, 3.63) is 27.2 Å². The van der Waals surface area contributed by atoms with E-state index < -0.39 is 5.97 Å². The Labute approximate surface area is 115 Å². The second kappa shape index (κ2) is 6.20. The van der Waals surface area contributed by atoms with E-state index in [0.717, 1.165) is 21.2 Å². The number of carboxylic acid groups (broad SMARTS) is 1. The van der Waals surface area contributed by atoms with Gasteiger partial charge >= 0.3 is 5.97 Å². The molecule has 1 aromatic rings. The molecule has 3 N–H and O–H groups in total. The lowest BCUT2D eigenvalue weighted by Gasteiger charge is -2.20. The van der Waals surface area contributed by atoms with Crippen LogP contribution in [-0.2, 0) is 4.79 Å². The first-order valence-corrected chi connectivity index (χ1v) is 6.48. The number of benzene rings is 1. The van der Waals surface area contributed by atoms with Crippen LogP contribution in [-0.4, -0.2) is 18.2 Å². The summed E-state index contributed by atoms with van der Waals surface area (Å²) < 4.78 is 6.26. The molecule has 1 atom stereocenters. The summed E-state index contributed by atoms with van der Waals surface area (Å²) in [5.74, 6) is -0.140. The van der Waals surface area contributed by atoms with Gasteiger partial charge in [0.1, 0.15) is 5.75 Å². The highest BCUT2D eigenvalue weighted by Gasteiger charge is 2.19. The summed E-state index contributed by atoms with van der Waals surface area (Å²) in [5, 5.41) is 8.71. The second-order valence-corrected chi connectivity index (χ2v) is 5.10. The highest BCUT2D eigenvalue weighted by molar-refractivity contribution is 9.10. The Morgan fingerprint density at radius 2 is 2.11 bits per heavy atom. The Morgan fingerprint density at radius 1 is 1.50 bits per heavy atom. The molecule has 0 aliphatic heterocycles. The molecular formula is C13H18BrNO3. The predicted octanol–water partition coefficient (Wildman–Crippen LogP) is 2.94. The Hall–Kier alpha value is -1.07. The molecule has 0 heterocycles. The van der Waals surface area contributed by atoms with Crippen LogP contribution in [0.3, 0.4) is 0 Å². The van der Waals surface area contributed by atoms with Crippen LogP contribution < -0.4 is 10.5 Å². The number of hydrogen-bond acceptors (Lipinski definition) is 3. The van der Waals surface area contributed by atoms with E-state index in [9.17, 15) is 4.79 Å². The van der Waals surface area contributed by atoms with Crippen molar-refractivity contribution in [3.8, 4) is 5.75 Å². The zero-order chi connectivity index (χ0) is 13.9. The van der Waals surface area contributed by atoms with Gasteiger partial charge in [-0.15, -0.1) is 0 Å². The fourth-order valence-electron chi connectivity index (χ4n) is 2.03. The fourth-order valence-corrected chi connectivity index (χ4v) is 2.52. The standard InChI is InChI=1S/C13H18BrNO3/c1-7-6-8(2)12(14)13(18-3)11(7)9(15)4-5-10(16)17/h6,9H,4-5,15H2,1-3H3,(H,16,17). The molecule has 4 nitrogen and oxygen atoms in total. The van der Waals surface area contributed by atoms with Crippen molar-refractivity contribution in [2.45, 2.75) is 32.7 Å². The quantitative estimate of drug-likeness (QED) is 0.876. The Kier molecular flexibility index (Phi) is 5.16. The zero-order valence-electron chi connectivity index (χ0n) is 10.8. The Morgan fingerprint density at radius 3 is 2.61 bits per heavy atom. The highest BCUT2D eigenvalue weighted by atomic mass is 79.9. The average Bonchev–Trinajstić information content (AvgIpc) is 2.30. The van der Waals surface area contributed by atoms with Gasteiger partial charge in [-0.3, -0.25) is 4.79 Å². The summed E-state index contributed by atoms with van der Waals surface area (Å²) in [6, 6.07) is 1.68. The summed E-state index contributed by atoms with van der Waals surface area (Å²) >= 11 is 3.48. The summed E-state index contributed by atoms with van der Waals surface area (Å²) in [6.45, 7) is 3.93. The van der Waals surface area contributed by atoms with Gasteiger partial charge in [-0.1, -0.05) is 6.07 Å². The van der Waals surface area contributed by atoms with Crippen LogP contribution in [0.25, 0.3) is 0 Å². The molecule has 0 aliphatic carbocycles. The van der Waals surface area contributed by atoms with Gasteiger partial charge in [-0.05, 0) is 47.3 Å². The topological polar surface area (TPSA) is 72.5 Å². The van der Waals surface area contributed by atoms with Gasteiger partial charge in [0.15, 0.2) is 0 Å². The van der Waals surface area contributed by atoms with Gasteiger partial charge < -0.3 is 15.6 Å². The molecule has 100 valence electrons. The first kappa shape index (κ1) is 15.0. The van der Waals surface area contributed by atoms with Gasteiger partial charge in [-0.2, -0.15) is 0 Å². The van der Waals surface area contributed by atoms with E-state index in [1.807, 2.05) is 19.9 Å². The number of carbonyl (C=O) groups is 1. The molecule has 0 aromatic heterocycles. The summed E-state index contributed by atoms with van der Waals surface area (Å²) in [6.07, 6.45) is 0.442. The maximum atomic E-state index is 10.6. The Bertz CT molecular complexity index is 460. The molecule has 1 aromatic carbocycles. The SMILES string of the molecule is COc1c(Br)c(C)cc(C)c1C(N)CCC(=O)O. The molecule has 0 aliphatic rings. The van der Waals surface area contributed by atoms with E-state index in [0.29, 0.717) is 12.2 Å². The summed E-state index contributed by atoms with van der Waals surface area (Å²) in [5.41, 5.74) is 9.03. The van der Waals surface area contributed by atoms with E-state index >= 15 is 0 Å². The van der Waals surface area contributed by atoms with Crippen LogP contribution in [0.15, 0.2) is 10.5 Å². The minimum atomic E-state index is -0.840. The molecule has 0 bridgehead atoms. The molecular weight excluding hydrogens is 298 g/mol. The van der Waals surface area contributed by atoms with Crippen molar-refractivity contribution in [3.63, 3.8) is 0 Å². The third kappa shape index (κ3) is 3.23. The van der Waals surface area contributed by atoms with Gasteiger partial charge in [0, 0.05) is 18.0 Å². The lowest BCUT2D eigenvalue weighted by Crippen LogP contribution is -2.15. The maximum Gasteiger partial charge on any atom is 0.303 e. The molecule has 0 saturated heterocycles. The van der Waals surface area contributed by atoms with Gasteiger partial charge in [0.25, 0.3) is 0 Å². The lowest BCUT2D eigenvalue weighted by atomic mass is 9.95. The molecule has 0 amide bonds. The van der Waals surface area contributed by atoms with Crippen molar-refractivity contribution >= 4 is 21.9 Å². The highest BCUT2D eigenvalue weighted by Crippen LogP contribution is 2.38. The largest absolute Gasteiger partial charge is 0.495 e. The minimum Gasteiger partial charge on any atom is -0.495 e. The first-order chi connectivity index (χ1) is 8.38. The third-order valence-electron chi connectivity index (χ3n) is 2.89. The number of hydrogen-bond donors (Lipinski definition) is 2. The first-order valence-electron chi connectivity index (χ1n) is 5.69. The normalized spacial score (nSPS) is 12.3. The third-order valence-corrected chi connectivity index (χ3v) is 3.88. The number of aryl methyl sites for hydroxylation is 2. The monoisotopic (exact) mass is 315 g/mol. The van der Waals surface area contributed by atoms with E-state index in [1.54, 1.807) is 7.11 Å². The Balaban J connectivity index is 3.14. The average molecular weight is 316 g/mol. The van der Waals surface area contributed by atoms with Gasteiger partial charge in [0.05, 0.1) is 11.6 Å². The zero-order valence-corrected chi connectivity index (χ0v) is 12.4. The number of rotatable bonds is 5. The summed E-state index contributed by atoms with van der Waals surface area (Å²) in [4.78, 5) is 10.6. The second-order valence-electron chi connectivity index (χ2n) is 4.31. The molecule has 0 radical (unpaired) electrons.